The molecule has 78 valence electrons. The lowest BCUT2D eigenvalue weighted by atomic mass is 10.3. The van der Waals surface area contributed by atoms with Gasteiger partial charge in [-0.1, -0.05) is 12.1 Å². The third-order valence-corrected chi connectivity index (χ3v) is 2.84. The summed E-state index contributed by atoms with van der Waals surface area (Å²) in [4.78, 5) is 9.84. The maximum Gasteiger partial charge on any atom is 0.203 e. The zero-order valence-corrected chi connectivity index (χ0v) is 8.35. The molecule has 1 saturated heterocycles. The molecule has 1 aromatic carbocycles. The minimum Gasteiger partial charge on any atom is -0.391 e. The van der Waals surface area contributed by atoms with Crippen LogP contribution in [-0.4, -0.2) is 34.3 Å². The van der Waals surface area contributed by atoms with Crippen molar-refractivity contribution in [3.05, 3.63) is 24.3 Å². The van der Waals surface area contributed by atoms with Crippen molar-refractivity contribution < 1.29 is 5.11 Å². The summed E-state index contributed by atoms with van der Waals surface area (Å²) in [7, 11) is 0. The lowest BCUT2D eigenvalue weighted by Crippen LogP contribution is -2.22. The van der Waals surface area contributed by atoms with E-state index < -0.39 is 0 Å². The van der Waals surface area contributed by atoms with E-state index in [0.717, 1.165) is 29.9 Å². The number of aliphatic hydroxyl groups is 1. The van der Waals surface area contributed by atoms with Gasteiger partial charge in [0.05, 0.1) is 17.1 Å². The second kappa shape index (κ2) is 3.24. The van der Waals surface area contributed by atoms with Crippen LogP contribution in [0, 0.1) is 0 Å². The fourth-order valence-corrected chi connectivity index (χ4v) is 2.02. The van der Waals surface area contributed by atoms with Gasteiger partial charge in [-0.2, -0.15) is 0 Å². The Labute approximate surface area is 87.5 Å². The highest BCUT2D eigenvalue weighted by Gasteiger charge is 2.22. The van der Waals surface area contributed by atoms with Gasteiger partial charge in [-0.05, 0) is 18.6 Å². The molecular weight excluding hydrogens is 190 g/mol. The molecule has 2 heterocycles. The summed E-state index contributed by atoms with van der Waals surface area (Å²) in [5.74, 6) is 0.868. The first-order valence-electron chi connectivity index (χ1n) is 5.21. The molecule has 0 radical (unpaired) electrons. The van der Waals surface area contributed by atoms with Gasteiger partial charge in [0, 0.05) is 13.1 Å². The summed E-state index contributed by atoms with van der Waals surface area (Å²) >= 11 is 0. The molecule has 0 saturated carbocycles. The monoisotopic (exact) mass is 203 g/mol. The van der Waals surface area contributed by atoms with Crippen molar-refractivity contribution >= 4 is 17.0 Å². The number of hydrogen-bond acceptors (Lipinski definition) is 3. The van der Waals surface area contributed by atoms with E-state index in [-0.39, 0.29) is 6.10 Å². The van der Waals surface area contributed by atoms with Gasteiger partial charge >= 0.3 is 0 Å². The van der Waals surface area contributed by atoms with Gasteiger partial charge in [-0.15, -0.1) is 0 Å². The maximum absolute atomic E-state index is 9.45. The van der Waals surface area contributed by atoms with E-state index in [2.05, 4.69) is 14.9 Å². The molecule has 1 aromatic heterocycles. The fourth-order valence-electron chi connectivity index (χ4n) is 2.02. The molecule has 0 amide bonds. The van der Waals surface area contributed by atoms with Crippen molar-refractivity contribution in [1.82, 2.24) is 9.97 Å². The van der Waals surface area contributed by atoms with E-state index in [0.29, 0.717) is 6.54 Å². The number of benzene rings is 1. The number of nitrogens with one attached hydrogen (secondary N) is 1. The summed E-state index contributed by atoms with van der Waals surface area (Å²) in [6, 6.07) is 7.97. The van der Waals surface area contributed by atoms with Crippen molar-refractivity contribution in [3.63, 3.8) is 0 Å². The summed E-state index contributed by atoms with van der Waals surface area (Å²) in [6.45, 7) is 1.56. The van der Waals surface area contributed by atoms with Crippen molar-refractivity contribution in [1.29, 1.82) is 0 Å². The second-order valence-corrected chi connectivity index (χ2v) is 3.97. The number of aromatic nitrogens is 2. The average Bonchev–Trinajstić information content (AvgIpc) is 2.82. The Morgan fingerprint density at radius 2 is 2.27 bits per heavy atom. The Bertz CT molecular complexity index is 446. The number of imidazole rings is 1. The summed E-state index contributed by atoms with van der Waals surface area (Å²) in [5.41, 5.74) is 2.03. The molecule has 2 N–H and O–H groups in total. The Morgan fingerprint density at radius 1 is 1.40 bits per heavy atom. The Balaban J connectivity index is 1.98. The van der Waals surface area contributed by atoms with Gasteiger partial charge in [0.25, 0.3) is 0 Å². The van der Waals surface area contributed by atoms with Crippen molar-refractivity contribution in [2.45, 2.75) is 12.5 Å². The van der Waals surface area contributed by atoms with Crippen LogP contribution in [0.15, 0.2) is 24.3 Å². The van der Waals surface area contributed by atoms with E-state index in [4.69, 9.17) is 0 Å². The Morgan fingerprint density at radius 3 is 3.00 bits per heavy atom. The summed E-state index contributed by atoms with van der Waals surface area (Å²) < 4.78 is 0. The number of nitrogens with zero attached hydrogens (tertiary/aromatic N) is 2. The minimum absolute atomic E-state index is 0.210. The second-order valence-electron chi connectivity index (χ2n) is 3.97. The first-order chi connectivity index (χ1) is 7.33. The Kier molecular flexibility index (Phi) is 1.89. The van der Waals surface area contributed by atoms with E-state index in [1.807, 2.05) is 24.3 Å². The third-order valence-electron chi connectivity index (χ3n) is 2.84. The van der Waals surface area contributed by atoms with Crippen molar-refractivity contribution in [3.8, 4) is 0 Å². The molecule has 1 fully saturated rings. The number of anilines is 1. The standard InChI is InChI=1S/C11H13N3O/c15-8-5-6-14(7-8)11-12-9-3-1-2-4-10(9)13-11/h1-4,8,15H,5-7H2,(H,12,13)/t8-/m0/s1. The van der Waals surface area contributed by atoms with Gasteiger partial charge in [0.15, 0.2) is 0 Å². The summed E-state index contributed by atoms with van der Waals surface area (Å²) in [5, 5.41) is 9.45. The number of rotatable bonds is 1. The molecule has 4 heteroatoms. The minimum atomic E-state index is -0.210. The maximum atomic E-state index is 9.45. The number of aliphatic hydroxyl groups excluding tert-OH is 1. The first-order valence-corrected chi connectivity index (χ1v) is 5.21. The predicted molar refractivity (Wildman–Crippen MR) is 58.9 cm³/mol. The zero-order valence-electron chi connectivity index (χ0n) is 8.35. The highest BCUT2D eigenvalue weighted by atomic mass is 16.3. The first kappa shape index (κ1) is 8.73. The summed E-state index contributed by atoms with van der Waals surface area (Å²) in [6.07, 6.45) is 0.620. The Hall–Kier alpha value is -1.55. The average molecular weight is 203 g/mol. The SMILES string of the molecule is O[C@H]1CCN(c2nc3ccccc3[nH]2)C1. The van der Waals surface area contributed by atoms with Crippen LogP contribution in [0.1, 0.15) is 6.42 Å². The van der Waals surface area contributed by atoms with Crippen molar-refractivity contribution in [2.75, 3.05) is 18.0 Å². The smallest absolute Gasteiger partial charge is 0.203 e. The molecule has 0 spiro atoms. The lowest BCUT2D eigenvalue weighted by Gasteiger charge is -2.12. The van der Waals surface area contributed by atoms with Crippen LogP contribution in [0.5, 0.6) is 0 Å². The molecule has 1 atom stereocenters. The van der Waals surface area contributed by atoms with Gasteiger partial charge < -0.3 is 15.0 Å². The number of para-hydroxylation sites is 2. The molecule has 1 aliphatic rings. The third kappa shape index (κ3) is 1.47. The normalized spacial score (nSPS) is 21.4. The highest BCUT2D eigenvalue weighted by molar-refractivity contribution is 5.77. The molecule has 2 aromatic rings. The molecule has 4 nitrogen and oxygen atoms in total. The van der Waals surface area contributed by atoms with Gasteiger partial charge in [-0.3, -0.25) is 0 Å². The van der Waals surface area contributed by atoms with Gasteiger partial charge in [0.2, 0.25) is 5.95 Å². The van der Waals surface area contributed by atoms with E-state index in [9.17, 15) is 5.11 Å². The number of H-pyrrole nitrogens is 1. The molecular formula is C11H13N3O. The zero-order chi connectivity index (χ0) is 10.3. The molecule has 0 unspecified atom stereocenters. The van der Waals surface area contributed by atoms with Crippen LogP contribution in [0.4, 0.5) is 5.95 Å². The van der Waals surface area contributed by atoms with Crippen molar-refractivity contribution in [2.24, 2.45) is 0 Å². The molecule has 15 heavy (non-hydrogen) atoms. The predicted octanol–water partition coefficient (Wildman–Crippen LogP) is 1.13. The van der Waals surface area contributed by atoms with Gasteiger partial charge in [-0.25, -0.2) is 4.98 Å². The van der Waals surface area contributed by atoms with E-state index in [1.165, 1.54) is 0 Å². The van der Waals surface area contributed by atoms with Crippen LogP contribution < -0.4 is 4.90 Å². The van der Waals surface area contributed by atoms with E-state index in [1.54, 1.807) is 0 Å². The highest BCUT2D eigenvalue weighted by Crippen LogP contribution is 2.20. The molecule has 0 bridgehead atoms. The van der Waals surface area contributed by atoms with Crippen LogP contribution in [0.25, 0.3) is 11.0 Å². The lowest BCUT2D eigenvalue weighted by molar-refractivity contribution is 0.198. The van der Waals surface area contributed by atoms with Crippen LogP contribution >= 0.6 is 0 Å². The number of hydrogen-bond donors (Lipinski definition) is 2. The number of β-amino-alcohol motifs (C(OH)–C–C–N with tert-alkyl or cyclic N) is 1. The fraction of sp³-hybridized carbons (Fsp3) is 0.364. The van der Waals surface area contributed by atoms with Crippen LogP contribution in [-0.2, 0) is 0 Å². The largest absolute Gasteiger partial charge is 0.391 e. The molecule has 0 aliphatic carbocycles. The van der Waals surface area contributed by atoms with Gasteiger partial charge in [0.1, 0.15) is 0 Å². The van der Waals surface area contributed by atoms with Crippen LogP contribution in [0.2, 0.25) is 0 Å². The van der Waals surface area contributed by atoms with Crippen LogP contribution in [0.3, 0.4) is 0 Å². The quantitative estimate of drug-likeness (QED) is 0.730. The molecule has 3 rings (SSSR count). The van der Waals surface area contributed by atoms with E-state index >= 15 is 0 Å². The molecule has 1 aliphatic heterocycles. The topological polar surface area (TPSA) is 52.1 Å². The number of fused-ring (bicyclic) bond motifs is 1. The number of aromatic amines is 1.